The third-order valence-electron chi connectivity index (χ3n) is 6.82. The molecule has 1 aromatic heterocycles. The van der Waals surface area contributed by atoms with Crippen LogP contribution in [0.2, 0.25) is 0 Å². The summed E-state index contributed by atoms with van der Waals surface area (Å²) in [6, 6.07) is 3.29. The van der Waals surface area contributed by atoms with E-state index >= 15 is 0 Å². The summed E-state index contributed by atoms with van der Waals surface area (Å²) in [5.74, 6) is 0.0242. The molecule has 1 aliphatic carbocycles. The van der Waals surface area contributed by atoms with Crippen molar-refractivity contribution in [3.05, 3.63) is 29.5 Å². The van der Waals surface area contributed by atoms with Crippen molar-refractivity contribution in [2.24, 2.45) is 11.3 Å². The van der Waals surface area contributed by atoms with Crippen LogP contribution in [0.4, 0.5) is 18.9 Å². The summed E-state index contributed by atoms with van der Waals surface area (Å²) in [6.45, 7) is 1.40. The van der Waals surface area contributed by atoms with Gasteiger partial charge in [0.1, 0.15) is 5.58 Å². The number of halogens is 3. The van der Waals surface area contributed by atoms with E-state index in [-0.39, 0.29) is 24.6 Å². The number of hydrogen-bond acceptors (Lipinski definition) is 5. The molecule has 3 N–H and O–H groups in total. The number of aliphatic hydroxyl groups excluding tert-OH is 2. The minimum absolute atomic E-state index is 0.0258. The Morgan fingerprint density at radius 1 is 1.19 bits per heavy atom. The highest BCUT2D eigenvalue weighted by molar-refractivity contribution is 6.07. The standard InChI is InChI=1S/C22H27F3N2O4/c23-22(24,25)15-1-2-17-16(11-15)18-19(31-17)20(30)26-8-10-27(18)9-5-14-3-6-21(12-28,13-29)7-4-14/h1-2,11,14,28-29H,3-10,12-13H2,(H,26,30). The van der Waals surface area contributed by atoms with Gasteiger partial charge in [-0.2, -0.15) is 13.2 Å². The first kappa shape index (κ1) is 22.0. The number of nitrogens with one attached hydrogen (secondary N) is 1. The van der Waals surface area contributed by atoms with Crippen LogP contribution in [-0.4, -0.2) is 49.0 Å². The molecule has 170 valence electrons. The molecule has 1 fully saturated rings. The lowest BCUT2D eigenvalue weighted by molar-refractivity contribution is -0.137. The molecule has 6 nitrogen and oxygen atoms in total. The van der Waals surface area contributed by atoms with E-state index < -0.39 is 23.1 Å². The van der Waals surface area contributed by atoms with Crippen LogP contribution in [0.5, 0.6) is 0 Å². The fourth-order valence-electron chi connectivity index (χ4n) is 4.73. The zero-order chi connectivity index (χ0) is 22.2. The van der Waals surface area contributed by atoms with Gasteiger partial charge >= 0.3 is 6.18 Å². The largest absolute Gasteiger partial charge is 0.449 e. The number of carbonyl (C=O) groups is 1. The van der Waals surface area contributed by atoms with Crippen molar-refractivity contribution in [1.82, 2.24) is 5.32 Å². The molecule has 0 spiro atoms. The monoisotopic (exact) mass is 440 g/mol. The molecule has 1 aliphatic heterocycles. The Kier molecular flexibility index (Phi) is 5.91. The van der Waals surface area contributed by atoms with Gasteiger partial charge in [0.15, 0.2) is 0 Å². The average molecular weight is 440 g/mol. The second kappa shape index (κ2) is 8.35. The molecule has 0 radical (unpaired) electrons. The maximum Gasteiger partial charge on any atom is 0.416 e. The van der Waals surface area contributed by atoms with Crippen molar-refractivity contribution >= 4 is 22.6 Å². The molecule has 2 heterocycles. The second-order valence-corrected chi connectivity index (χ2v) is 8.78. The zero-order valence-electron chi connectivity index (χ0n) is 17.2. The molecule has 1 saturated carbocycles. The van der Waals surface area contributed by atoms with Crippen molar-refractivity contribution in [2.45, 2.75) is 38.3 Å². The zero-order valence-corrected chi connectivity index (χ0v) is 17.2. The number of alkyl halides is 3. The van der Waals surface area contributed by atoms with Gasteiger partial charge in [-0.05, 0) is 56.2 Å². The smallest absolute Gasteiger partial charge is 0.416 e. The predicted octanol–water partition coefficient (Wildman–Crippen LogP) is 3.55. The third-order valence-corrected chi connectivity index (χ3v) is 6.82. The lowest BCUT2D eigenvalue weighted by Gasteiger charge is -2.38. The Hall–Kier alpha value is -2.26. The Morgan fingerprint density at radius 2 is 1.90 bits per heavy atom. The summed E-state index contributed by atoms with van der Waals surface area (Å²) in [6.07, 6.45) is -0.415. The van der Waals surface area contributed by atoms with Gasteiger partial charge in [-0.25, -0.2) is 0 Å². The molecule has 4 rings (SSSR count). The maximum absolute atomic E-state index is 13.3. The number of amides is 1. The first-order valence-corrected chi connectivity index (χ1v) is 10.6. The highest BCUT2D eigenvalue weighted by atomic mass is 19.4. The third kappa shape index (κ3) is 4.25. The minimum Gasteiger partial charge on any atom is -0.449 e. The quantitative estimate of drug-likeness (QED) is 0.662. The summed E-state index contributed by atoms with van der Waals surface area (Å²) in [7, 11) is 0. The molecular weight excluding hydrogens is 413 g/mol. The van der Waals surface area contributed by atoms with Crippen molar-refractivity contribution in [3.8, 4) is 0 Å². The van der Waals surface area contributed by atoms with Crippen molar-refractivity contribution < 1.29 is 32.6 Å². The number of benzene rings is 1. The number of fused-ring (bicyclic) bond motifs is 3. The van der Waals surface area contributed by atoms with Gasteiger partial charge in [-0.15, -0.1) is 0 Å². The predicted molar refractivity (Wildman–Crippen MR) is 109 cm³/mol. The molecule has 0 bridgehead atoms. The number of hydrogen-bond donors (Lipinski definition) is 3. The molecule has 0 atom stereocenters. The Labute approximate surface area is 178 Å². The molecule has 1 amide bonds. The summed E-state index contributed by atoms with van der Waals surface area (Å²) in [5.41, 5.74) is -0.498. The fraction of sp³-hybridized carbons (Fsp3) is 0.591. The van der Waals surface area contributed by atoms with E-state index in [1.807, 2.05) is 4.90 Å². The van der Waals surface area contributed by atoms with Crippen molar-refractivity contribution in [2.75, 3.05) is 37.7 Å². The number of rotatable bonds is 5. The van der Waals surface area contributed by atoms with Crippen molar-refractivity contribution in [1.29, 1.82) is 0 Å². The molecule has 2 aromatic rings. The first-order chi connectivity index (χ1) is 14.8. The van der Waals surface area contributed by atoms with E-state index in [9.17, 15) is 28.2 Å². The molecule has 0 unspecified atom stereocenters. The summed E-state index contributed by atoms with van der Waals surface area (Å²) in [5, 5.41) is 22.2. The summed E-state index contributed by atoms with van der Waals surface area (Å²) in [4.78, 5) is 14.4. The Bertz CT molecular complexity index is 942. The van der Waals surface area contributed by atoms with Crippen LogP contribution in [0.1, 0.15) is 48.2 Å². The van der Waals surface area contributed by atoms with Gasteiger partial charge < -0.3 is 24.8 Å². The lowest BCUT2D eigenvalue weighted by Crippen LogP contribution is -2.36. The number of nitrogens with zero attached hydrogens (tertiary/aromatic N) is 1. The molecule has 0 saturated heterocycles. The highest BCUT2D eigenvalue weighted by Gasteiger charge is 2.36. The van der Waals surface area contributed by atoms with E-state index in [0.29, 0.717) is 36.6 Å². The fourth-order valence-corrected chi connectivity index (χ4v) is 4.73. The number of furan rings is 1. The normalized spacial score (nSPS) is 19.9. The van der Waals surface area contributed by atoms with E-state index in [2.05, 4.69) is 5.32 Å². The first-order valence-electron chi connectivity index (χ1n) is 10.6. The molecule has 9 heteroatoms. The molecule has 2 aliphatic rings. The van der Waals surface area contributed by atoms with Crippen LogP contribution in [0.3, 0.4) is 0 Å². The summed E-state index contributed by atoms with van der Waals surface area (Å²) >= 11 is 0. The van der Waals surface area contributed by atoms with Gasteiger partial charge in [0.2, 0.25) is 5.76 Å². The van der Waals surface area contributed by atoms with E-state index in [1.165, 1.54) is 6.07 Å². The van der Waals surface area contributed by atoms with Gasteiger partial charge in [0.05, 0.1) is 24.5 Å². The molecule has 31 heavy (non-hydrogen) atoms. The van der Waals surface area contributed by atoms with Crippen molar-refractivity contribution in [3.63, 3.8) is 0 Å². The van der Waals surface area contributed by atoms with Crippen LogP contribution < -0.4 is 10.2 Å². The van der Waals surface area contributed by atoms with Crippen LogP contribution in [-0.2, 0) is 6.18 Å². The average Bonchev–Trinajstić information content (AvgIpc) is 3.07. The van der Waals surface area contributed by atoms with E-state index in [0.717, 1.165) is 44.2 Å². The molecular formula is C22H27F3N2O4. The van der Waals surface area contributed by atoms with Crippen LogP contribution >= 0.6 is 0 Å². The lowest BCUT2D eigenvalue weighted by atomic mass is 9.70. The second-order valence-electron chi connectivity index (χ2n) is 8.78. The van der Waals surface area contributed by atoms with Crippen LogP contribution in [0, 0.1) is 11.3 Å². The van der Waals surface area contributed by atoms with Gasteiger partial charge in [0, 0.05) is 30.4 Å². The topological polar surface area (TPSA) is 85.9 Å². The van der Waals surface area contributed by atoms with Gasteiger partial charge in [-0.1, -0.05) is 0 Å². The van der Waals surface area contributed by atoms with Crippen LogP contribution in [0.25, 0.3) is 11.0 Å². The Morgan fingerprint density at radius 3 is 2.55 bits per heavy atom. The number of carbonyl (C=O) groups excluding carboxylic acids is 1. The van der Waals surface area contributed by atoms with E-state index in [4.69, 9.17) is 4.42 Å². The number of anilines is 1. The highest BCUT2D eigenvalue weighted by Crippen LogP contribution is 2.41. The van der Waals surface area contributed by atoms with Gasteiger partial charge in [-0.3, -0.25) is 4.79 Å². The SMILES string of the molecule is O=C1NCCN(CCC2CCC(CO)(CO)CC2)c2c1oc1ccc(C(F)(F)F)cc21. The minimum atomic E-state index is -4.48. The van der Waals surface area contributed by atoms with E-state index in [1.54, 1.807) is 0 Å². The number of aliphatic hydroxyl groups is 2. The molecule has 1 aromatic carbocycles. The van der Waals surface area contributed by atoms with Gasteiger partial charge in [0.25, 0.3) is 5.91 Å². The Balaban J connectivity index is 1.57. The van der Waals surface area contributed by atoms with Crippen LogP contribution in [0.15, 0.2) is 22.6 Å². The maximum atomic E-state index is 13.3. The summed E-state index contributed by atoms with van der Waals surface area (Å²) < 4.78 is 45.4.